The molecule has 3 fully saturated rings. The summed E-state index contributed by atoms with van der Waals surface area (Å²) in [5.41, 5.74) is 2.64. The van der Waals surface area contributed by atoms with E-state index in [0.717, 1.165) is 52.0 Å². The van der Waals surface area contributed by atoms with Crippen LogP contribution in [0.25, 0.3) is 0 Å². The normalized spacial score (nSPS) is 24.8. The first-order chi connectivity index (χ1) is 12.6. The average Bonchev–Trinajstić information content (AvgIpc) is 3.47. The molecule has 1 saturated carbocycles. The fourth-order valence-electron chi connectivity index (χ4n) is 4.27. The number of aryl methyl sites for hydroxylation is 1. The number of likely N-dealkylation sites (tertiary alicyclic amines) is 1. The van der Waals surface area contributed by atoms with Crippen LogP contribution in [0.1, 0.15) is 36.8 Å². The van der Waals surface area contributed by atoms with Crippen LogP contribution in [0.3, 0.4) is 0 Å². The summed E-state index contributed by atoms with van der Waals surface area (Å²) in [5, 5.41) is 0. The third kappa shape index (κ3) is 3.93. The van der Waals surface area contributed by atoms with Crippen LogP contribution in [0.15, 0.2) is 24.3 Å². The number of nitrogens with zero attached hydrogens (tertiary/aromatic N) is 3. The van der Waals surface area contributed by atoms with Gasteiger partial charge in [-0.05, 0) is 31.7 Å². The van der Waals surface area contributed by atoms with Crippen LogP contribution in [0, 0.1) is 12.8 Å². The number of benzene rings is 1. The molecule has 1 aromatic carbocycles. The van der Waals surface area contributed by atoms with Gasteiger partial charge in [0.05, 0.1) is 5.92 Å². The molecule has 5 heteroatoms. The minimum atomic E-state index is 0.0108. The topological polar surface area (TPSA) is 43.9 Å². The number of piperidine rings is 1. The second-order valence-electron chi connectivity index (χ2n) is 8.10. The van der Waals surface area contributed by atoms with Crippen molar-refractivity contribution in [3.8, 4) is 0 Å². The fraction of sp³-hybridized carbons (Fsp3) is 0.619. The first kappa shape index (κ1) is 17.5. The van der Waals surface area contributed by atoms with Gasteiger partial charge in [0.1, 0.15) is 0 Å². The van der Waals surface area contributed by atoms with Gasteiger partial charge in [0, 0.05) is 51.7 Å². The van der Waals surface area contributed by atoms with E-state index in [0.29, 0.717) is 19.0 Å². The van der Waals surface area contributed by atoms with Gasteiger partial charge in [-0.1, -0.05) is 29.8 Å². The highest BCUT2D eigenvalue weighted by atomic mass is 16.2. The highest BCUT2D eigenvalue weighted by Crippen LogP contribution is 2.32. The van der Waals surface area contributed by atoms with Crippen molar-refractivity contribution >= 4 is 11.8 Å². The highest BCUT2D eigenvalue weighted by molar-refractivity contribution is 5.84. The maximum Gasteiger partial charge on any atom is 0.227 e. The average molecular weight is 355 g/mol. The van der Waals surface area contributed by atoms with Crippen molar-refractivity contribution in [2.45, 2.75) is 45.2 Å². The fourth-order valence-corrected chi connectivity index (χ4v) is 4.27. The van der Waals surface area contributed by atoms with E-state index < -0.39 is 0 Å². The SMILES string of the molecule is Cc1cccc(CN2CCN(C(=O)[C@H]3CCC(=O)N(C4CC4)C3)CC2)c1. The zero-order valence-corrected chi connectivity index (χ0v) is 15.7. The second-order valence-corrected chi connectivity index (χ2v) is 8.10. The van der Waals surface area contributed by atoms with Crippen LogP contribution in [0.2, 0.25) is 0 Å². The molecule has 5 nitrogen and oxygen atoms in total. The van der Waals surface area contributed by atoms with Crippen LogP contribution in [0.4, 0.5) is 0 Å². The molecule has 1 aromatic rings. The third-order valence-electron chi connectivity index (χ3n) is 5.95. The molecule has 1 aliphatic carbocycles. The molecule has 0 bridgehead atoms. The first-order valence-electron chi connectivity index (χ1n) is 9.96. The lowest BCUT2D eigenvalue weighted by Crippen LogP contribution is -2.53. The molecule has 2 saturated heterocycles. The molecule has 4 rings (SSSR count). The minimum absolute atomic E-state index is 0.0108. The third-order valence-corrected chi connectivity index (χ3v) is 5.95. The second kappa shape index (κ2) is 7.39. The Labute approximate surface area is 155 Å². The van der Waals surface area contributed by atoms with Gasteiger partial charge in [0.2, 0.25) is 11.8 Å². The maximum absolute atomic E-state index is 12.9. The van der Waals surface area contributed by atoms with E-state index in [2.05, 4.69) is 36.1 Å². The zero-order chi connectivity index (χ0) is 18.1. The zero-order valence-electron chi connectivity index (χ0n) is 15.7. The van der Waals surface area contributed by atoms with Crippen LogP contribution in [0.5, 0.6) is 0 Å². The molecule has 0 aromatic heterocycles. The molecule has 0 N–H and O–H groups in total. The standard InChI is InChI=1S/C21H29N3O2/c1-16-3-2-4-17(13-16)14-22-9-11-23(12-10-22)21(26)18-5-8-20(25)24(15-18)19-6-7-19/h2-4,13,18-19H,5-12,14-15H2,1H3/t18-/m0/s1. The van der Waals surface area contributed by atoms with Crippen LogP contribution < -0.4 is 0 Å². The number of amides is 2. The van der Waals surface area contributed by atoms with E-state index in [1.807, 2.05) is 9.80 Å². The molecule has 2 heterocycles. The number of rotatable bonds is 4. The molecular formula is C21H29N3O2. The predicted molar refractivity (Wildman–Crippen MR) is 100 cm³/mol. The molecule has 0 spiro atoms. The summed E-state index contributed by atoms with van der Waals surface area (Å²) in [5.74, 6) is 0.523. The van der Waals surface area contributed by atoms with Crippen molar-refractivity contribution < 1.29 is 9.59 Å². The molecule has 140 valence electrons. The van der Waals surface area contributed by atoms with Crippen molar-refractivity contribution in [3.63, 3.8) is 0 Å². The quantitative estimate of drug-likeness (QED) is 0.830. The lowest BCUT2D eigenvalue weighted by atomic mass is 9.95. The predicted octanol–water partition coefficient (Wildman–Crippen LogP) is 2.04. The Morgan fingerprint density at radius 3 is 2.58 bits per heavy atom. The summed E-state index contributed by atoms with van der Waals surface area (Å²) in [7, 11) is 0. The van der Waals surface area contributed by atoms with Gasteiger partial charge in [-0.3, -0.25) is 14.5 Å². The molecule has 2 amide bonds. The van der Waals surface area contributed by atoms with Gasteiger partial charge in [0.15, 0.2) is 0 Å². The van der Waals surface area contributed by atoms with E-state index in [4.69, 9.17) is 0 Å². The molecule has 0 unspecified atom stereocenters. The summed E-state index contributed by atoms with van der Waals surface area (Å²) < 4.78 is 0. The smallest absolute Gasteiger partial charge is 0.227 e. The van der Waals surface area contributed by atoms with E-state index in [1.165, 1.54) is 11.1 Å². The molecule has 0 radical (unpaired) electrons. The largest absolute Gasteiger partial charge is 0.340 e. The molecule has 3 aliphatic rings. The van der Waals surface area contributed by atoms with Gasteiger partial charge >= 0.3 is 0 Å². The molecule has 26 heavy (non-hydrogen) atoms. The van der Waals surface area contributed by atoms with Crippen molar-refractivity contribution in [2.24, 2.45) is 5.92 Å². The lowest BCUT2D eigenvalue weighted by molar-refractivity contribution is -0.144. The van der Waals surface area contributed by atoms with Crippen LogP contribution in [-0.4, -0.2) is 65.3 Å². The number of carbonyl (C=O) groups is 2. The van der Waals surface area contributed by atoms with Crippen molar-refractivity contribution in [2.75, 3.05) is 32.7 Å². The van der Waals surface area contributed by atoms with Gasteiger partial charge in [0.25, 0.3) is 0 Å². The number of hydrogen-bond donors (Lipinski definition) is 0. The van der Waals surface area contributed by atoms with Crippen molar-refractivity contribution in [1.29, 1.82) is 0 Å². The Morgan fingerprint density at radius 1 is 1.12 bits per heavy atom. The minimum Gasteiger partial charge on any atom is -0.340 e. The Kier molecular flexibility index (Phi) is 4.98. The van der Waals surface area contributed by atoms with Gasteiger partial charge in [-0.15, -0.1) is 0 Å². The Hall–Kier alpha value is -1.88. The summed E-state index contributed by atoms with van der Waals surface area (Å²) in [4.78, 5) is 31.4. The monoisotopic (exact) mass is 355 g/mol. The van der Waals surface area contributed by atoms with E-state index >= 15 is 0 Å². The van der Waals surface area contributed by atoms with Crippen molar-refractivity contribution in [1.82, 2.24) is 14.7 Å². The summed E-state index contributed by atoms with van der Waals surface area (Å²) in [6.45, 7) is 7.19. The molecule has 1 atom stereocenters. The lowest BCUT2D eigenvalue weighted by Gasteiger charge is -2.39. The Morgan fingerprint density at radius 2 is 1.88 bits per heavy atom. The van der Waals surface area contributed by atoms with Crippen LogP contribution in [-0.2, 0) is 16.1 Å². The van der Waals surface area contributed by atoms with E-state index in [-0.39, 0.29) is 17.7 Å². The maximum atomic E-state index is 12.9. The number of carbonyl (C=O) groups excluding carboxylic acids is 2. The van der Waals surface area contributed by atoms with E-state index in [1.54, 1.807) is 0 Å². The highest BCUT2D eigenvalue weighted by Gasteiger charge is 2.39. The summed E-state index contributed by atoms with van der Waals surface area (Å²) >= 11 is 0. The van der Waals surface area contributed by atoms with Crippen molar-refractivity contribution in [3.05, 3.63) is 35.4 Å². The summed E-state index contributed by atoms with van der Waals surface area (Å²) in [6, 6.07) is 9.07. The summed E-state index contributed by atoms with van der Waals surface area (Å²) in [6.07, 6.45) is 3.50. The molecular weight excluding hydrogens is 326 g/mol. The van der Waals surface area contributed by atoms with Gasteiger partial charge < -0.3 is 9.80 Å². The number of hydrogen-bond acceptors (Lipinski definition) is 3. The number of piperazine rings is 1. The van der Waals surface area contributed by atoms with Crippen LogP contribution >= 0.6 is 0 Å². The van der Waals surface area contributed by atoms with E-state index in [9.17, 15) is 9.59 Å². The first-order valence-corrected chi connectivity index (χ1v) is 9.96. The Bertz CT molecular complexity index is 678. The Balaban J connectivity index is 1.28. The molecule has 2 aliphatic heterocycles. The van der Waals surface area contributed by atoms with Gasteiger partial charge in [-0.25, -0.2) is 0 Å². The van der Waals surface area contributed by atoms with Gasteiger partial charge in [-0.2, -0.15) is 0 Å².